The second-order valence-electron chi connectivity index (χ2n) is 8.32. The molecule has 7 heteroatoms. The van der Waals surface area contributed by atoms with E-state index in [1.165, 1.54) is 4.90 Å². The van der Waals surface area contributed by atoms with Gasteiger partial charge in [0.15, 0.2) is 6.61 Å². The lowest BCUT2D eigenvalue weighted by Crippen LogP contribution is -2.41. The Hall–Kier alpha value is -3.22. The summed E-state index contributed by atoms with van der Waals surface area (Å²) in [5, 5.41) is 1.54. The highest BCUT2D eigenvalue weighted by atomic mass is 16.5. The van der Waals surface area contributed by atoms with E-state index in [2.05, 4.69) is 6.92 Å². The van der Waals surface area contributed by atoms with Crippen LogP contribution < -0.4 is 0 Å². The topological polar surface area (TPSA) is 84.0 Å². The van der Waals surface area contributed by atoms with Crippen molar-refractivity contribution in [1.29, 1.82) is 0 Å². The van der Waals surface area contributed by atoms with Gasteiger partial charge in [-0.3, -0.25) is 24.1 Å². The van der Waals surface area contributed by atoms with Gasteiger partial charge in [0.1, 0.15) is 0 Å². The Labute approximate surface area is 180 Å². The van der Waals surface area contributed by atoms with Crippen molar-refractivity contribution in [2.45, 2.75) is 32.6 Å². The van der Waals surface area contributed by atoms with Gasteiger partial charge in [-0.05, 0) is 42.7 Å². The lowest BCUT2D eigenvalue weighted by Gasteiger charge is -2.30. The van der Waals surface area contributed by atoms with Gasteiger partial charge in [0.05, 0.1) is 0 Å². The summed E-state index contributed by atoms with van der Waals surface area (Å²) in [7, 11) is 0. The molecule has 2 heterocycles. The van der Waals surface area contributed by atoms with Crippen molar-refractivity contribution in [3.8, 4) is 0 Å². The fourth-order valence-electron chi connectivity index (χ4n) is 4.39. The largest absolute Gasteiger partial charge is 0.456 e. The Kier molecular flexibility index (Phi) is 6.02. The number of carbonyl (C=O) groups excluding carboxylic acids is 4. The monoisotopic (exact) mass is 422 g/mol. The van der Waals surface area contributed by atoms with Gasteiger partial charge >= 0.3 is 5.97 Å². The number of rotatable bonds is 6. The van der Waals surface area contributed by atoms with Crippen LogP contribution in [0.25, 0.3) is 10.8 Å². The lowest BCUT2D eigenvalue weighted by molar-refractivity contribution is -0.152. The van der Waals surface area contributed by atoms with Crippen LogP contribution in [-0.4, -0.2) is 59.7 Å². The normalized spacial score (nSPS) is 18.4. The van der Waals surface area contributed by atoms with Gasteiger partial charge in [0, 0.05) is 42.6 Å². The number of hydrogen-bond donors (Lipinski definition) is 0. The zero-order valence-corrected chi connectivity index (χ0v) is 17.6. The van der Waals surface area contributed by atoms with E-state index in [1.807, 2.05) is 12.1 Å². The van der Waals surface area contributed by atoms with Crippen molar-refractivity contribution in [2.75, 3.05) is 26.2 Å². The third-order valence-corrected chi connectivity index (χ3v) is 5.98. The molecule has 7 nitrogen and oxygen atoms in total. The summed E-state index contributed by atoms with van der Waals surface area (Å²) in [6.07, 6.45) is 2.39. The molecule has 1 saturated heterocycles. The molecule has 2 aliphatic rings. The van der Waals surface area contributed by atoms with Gasteiger partial charge in [-0.2, -0.15) is 0 Å². The molecular formula is C24H26N2O5. The Bertz CT molecular complexity index is 997. The minimum atomic E-state index is -0.502. The number of amides is 3. The summed E-state index contributed by atoms with van der Waals surface area (Å²) in [5.41, 5.74) is 0.994. The van der Waals surface area contributed by atoms with Crippen molar-refractivity contribution >= 4 is 34.5 Å². The fraction of sp³-hybridized carbons (Fsp3) is 0.417. The van der Waals surface area contributed by atoms with Gasteiger partial charge < -0.3 is 9.64 Å². The average Bonchev–Trinajstić information content (AvgIpc) is 2.78. The number of benzene rings is 2. The van der Waals surface area contributed by atoms with Crippen molar-refractivity contribution in [2.24, 2.45) is 5.92 Å². The molecule has 0 N–H and O–H groups in total. The molecule has 0 aliphatic carbocycles. The highest BCUT2D eigenvalue weighted by Gasteiger charge is 2.32. The SMILES string of the molecule is C[C@H]1CCCN(C(=O)COC(=O)CCCN2C(=O)c3cccc4cccc(c34)C2=O)C1. The molecule has 2 aromatic carbocycles. The summed E-state index contributed by atoms with van der Waals surface area (Å²) in [6, 6.07) is 10.8. The Balaban J connectivity index is 1.30. The first-order valence-corrected chi connectivity index (χ1v) is 10.8. The van der Waals surface area contributed by atoms with Gasteiger partial charge in [-0.25, -0.2) is 0 Å². The standard InChI is InChI=1S/C24H26N2O5/c1-16-6-4-12-25(14-16)20(27)15-31-21(28)11-5-13-26-23(29)18-9-2-7-17-8-3-10-19(22(17)18)24(26)30/h2-3,7-10,16H,4-6,11-15H2,1H3/t16-/m0/s1. The Morgan fingerprint density at radius 3 is 2.39 bits per heavy atom. The van der Waals surface area contributed by atoms with Crippen LogP contribution in [0.15, 0.2) is 36.4 Å². The van der Waals surface area contributed by atoms with Crippen molar-refractivity contribution in [3.05, 3.63) is 47.5 Å². The van der Waals surface area contributed by atoms with E-state index in [4.69, 9.17) is 4.74 Å². The van der Waals surface area contributed by atoms with Gasteiger partial charge in [-0.1, -0.05) is 31.2 Å². The lowest BCUT2D eigenvalue weighted by atomic mass is 9.94. The molecule has 31 heavy (non-hydrogen) atoms. The molecule has 0 spiro atoms. The zero-order valence-electron chi connectivity index (χ0n) is 17.6. The minimum Gasteiger partial charge on any atom is -0.456 e. The number of carbonyl (C=O) groups is 4. The predicted octanol–water partition coefficient (Wildman–Crippen LogP) is 3.02. The quantitative estimate of drug-likeness (QED) is 0.528. The average molecular weight is 422 g/mol. The molecule has 1 atom stereocenters. The summed E-state index contributed by atoms with van der Waals surface area (Å²) >= 11 is 0. The van der Waals surface area contributed by atoms with E-state index in [-0.39, 0.29) is 43.7 Å². The summed E-state index contributed by atoms with van der Waals surface area (Å²) in [6.45, 7) is 3.36. The Morgan fingerprint density at radius 2 is 1.74 bits per heavy atom. The van der Waals surface area contributed by atoms with Crippen LogP contribution in [0.3, 0.4) is 0 Å². The third-order valence-electron chi connectivity index (χ3n) is 5.98. The van der Waals surface area contributed by atoms with E-state index in [0.29, 0.717) is 35.5 Å². The predicted molar refractivity (Wildman–Crippen MR) is 114 cm³/mol. The molecule has 0 aromatic heterocycles. The third kappa shape index (κ3) is 4.31. The molecule has 1 fully saturated rings. The van der Waals surface area contributed by atoms with Gasteiger partial charge in [0.2, 0.25) is 0 Å². The summed E-state index contributed by atoms with van der Waals surface area (Å²) in [4.78, 5) is 52.9. The van der Waals surface area contributed by atoms with Gasteiger partial charge in [-0.15, -0.1) is 0 Å². The van der Waals surface area contributed by atoms with Crippen LogP contribution in [0.5, 0.6) is 0 Å². The van der Waals surface area contributed by atoms with Crippen LogP contribution in [0.4, 0.5) is 0 Å². The first kappa shape index (κ1) is 21.0. The zero-order chi connectivity index (χ0) is 22.0. The second kappa shape index (κ2) is 8.88. The highest BCUT2D eigenvalue weighted by Crippen LogP contribution is 2.30. The minimum absolute atomic E-state index is 0.0343. The van der Waals surface area contributed by atoms with Crippen LogP contribution in [0.2, 0.25) is 0 Å². The number of nitrogens with zero attached hydrogens (tertiary/aromatic N) is 2. The van der Waals surface area contributed by atoms with E-state index < -0.39 is 5.97 Å². The molecule has 0 bridgehead atoms. The Morgan fingerprint density at radius 1 is 1.06 bits per heavy atom. The first-order chi connectivity index (χ1) is 15.0. The molecule has 2 aliphatic heterocycles. The van der Waals surface area contributed by atoms with E-state index in [1.54, 1.807) is 29.2 Å². The maximum absolute atomic E-state index is 12.8. The van der Waals surface area contributed by atoms with Crippen LogP contribution in [0, 0.1) is 5.92 Å². The molecule has 4 rings (SSSR count). The maximum atomic E-state index is 12.8. The smallest absolute Gasteiger partial charge is 0.306 e. The molecule has 2 aromatic rings. The number of piperidine rings is 1. The molecule has 3 amide bonds. The van der Waals surface area contributed by atoms with Crippen molar-refractivity contribution in [1.82, 2.24) is 9.80 Å². The fourth-order valence-corrected chi connectivity index (χ4v) is 4.39. The number of esters is 1. The number of hydrogen-bond acceptors (Lipinski definition) is 5. The van der Waals surface area contributed by atoms with Crippen LogP contribution >= 0.6 is 0 Å². The molecule has 0 radical (unpaired) electrons. The maximum Gasteiger partial charge on any atom is 0.306 e. The van der Waals surface area contributed by atoms with Crippen molar-refractivity contribution in [3.63, 3.8) is 0 Å². The molecule has 0 unspecified atom stereocenters. The molecule has 162 valence electrons. The summed E-state index contributed by atoms with van der Waals surface area (Å²) in [5.74, 6) is -0.915. The number of imide groups is 1. The van der Waals surface area contributed by atoms with E-state index in [9.17, 15) is 19.2 Å². The first-order valence-electron chi connectivity index (χ1n) is 10.8. The van der Waals surface area contributed by atoms with E-state index in [0.717, 1.165) is 18.2 Å². The van der Waals surface area contributed by atoms with Crippen LogP contribution in [0.1, 0.15) is 53.3 Å². The van der Waals surface area contributed by atoms with Crippen molar-refractivity contribution < 1.29 is 23.9 Å². The van der Waals surface area contributed by atoms with Crippen LogP contribution in [-0.2, 0) is 14.3 Å². The number of likely N-dealkylation sites (tertiary alicyclic amines) is 1. The highest BCUT2D eigenvalue weighted by molar-refractivity contribution is 6.25. The number of ether oxygens (including phenoxy) is 1. The van der Waals surface area contributed by atoms with E-state index >= 15 is 0 Å². The molecular weight excluding hydrogens is 396 g/mol. The second-order valence-corrected chi connectivity index (χ2v) is 8.32. The summed E-state index contributed by atoms with van der Waals surface area (Å²) < 4.78 is 5.12. The van der Waals surface area contributed by atoms with Gasteiger partial charge in [0.25, 0.3) is 17.7 Å². The molecule has 0 saturated carbocycles.